The van der Waals surface area contributed by atoms with Crippen molar-refractivity contribution in [1.29, 1.82) is 0 Å². The fourth-order valence-corrected chi connectivity index (χ4v) is 10.4. The Morgan fingerprint density at radius 1 is 0.740 bits per heavy atom. The number of aliphatic imine (C=N–C) groups is 1. The molecule has 0 aromatic heterocycles. The van der Waals surface area contributed by atoms with E-state index in [2.05, 4.69) is 139 Å². The van der Waals surface area contributed by atoms with Crippen LogP contribution in [0.4, 0.5) is 0 Å². The number of amidine groups is 1. The quantitative estimate of drug-likeness (QED) is 0.201. The van der Waals surface area contributed by atoms with E-state index in [1.807, 2.05) is 0 Å². The van der Waals surface area contributed by atoms with Gasteiger partial charge in [-0.25, -0.2) is 0 Å². The molecule has 0 saturated heterocycles. The lowest BCUT2D eigenvalue weighted by Crippen LogP contribution is -2.51. The van der Waals surface area contributed by atoms with Crippen molar-refractivity contribution in [2.24, 2.45) is 16.8 Å². The molecule has 10 rings (SSSR count). The van der Waals surface area contributed by atoms with Crippen molar-refractivity contribution >= 4 is 38.5 Å². The summed E-state index contributed by atoms with van der Waals surface area (Å²) in [7, 11) is 0. The van der Waals surface area contributed by atoms with Crippen molar-refractivity contribution in [3.05, 3.63) is 155 Å². The van der Waals surface area contributed by atoms with Gasteiger partial charge in [0.15, 0.2) is 0 Å². The fourth-order valence-electron chi connectivity index (χ4n) is 10.4. The maximum atomic E-state index is 5.74. The lowest BCUT2D eigenvalue weighted by Gasteiger charge is -2.44. The summed E-state index contributed by atoms with van der Waals surface area (Å²) in [5.41, 5.74) is 10.6. The van der Waals surface area contributed by atoms with Crippen LogP contribution in [0.1, 0.15) is 75.8 Å². The topological polar surface area (TPSA) is 15.6 Å². The molecule has 248 valence electrons. The van der Waals surface area contributed by atoms with Crippen LogP contribution in [0.15, 0.2) is 149 Å². The summed E-state index contributed by atoms with van der Waals surface area (Å²) < 4.78 is 0. The smallest absolute Gasteiger partial charge is 0.104 e. The summed E-state index contributed by atoms with van der Waals surface area (Å²) in [5.74, 6) is 2.20. The van der Waals surface area contributed by atoms with Gasteiger partial charge in [0, 0.05) is 11.8 Å². The second-order valence-corrected chi connectivity index (χ2v) is 15.7. The number of hydrogen-bond donors (Lipinski definition) is 0. The standard InChI is InChI=1S/C48H46N2/c1-48-28-12-11-21-44(48)50(39-17-3-2-4-18-39)47(49-48)38-26-27-42-43(31-38)46(37-25-23-33-14-6-8-16-35(33)30-37)41-20-10-9-19-40(41)45(42)36-24-22-32-13-5-7-15-34(32)29-36/h2-8,12-17,19,22-25,28-30,38-39,41,44H,9-11,18,20-21,26-27,31H2,1H3. The first-order valence-corrected chi connectivity index (χ1v) is 19.2. The van der Waals surface area contributed by atoms with Crippen LogP contribution in [-0.2, 0) is 0 Å². The van der Waals surface area contributed by atoms with E-state index in [4.69, 9.17) is 4.99 Å². The summed E-state index contributed by atoms with van der Waals surface area (Å²) in [6, 6.07) is 33.1. The number of nitrogens with zero attached hydrogens (tertiary/aromatic N) is 2. The van der Waals surface area contributed by atoms with Gasteiger partial charge in [0.1, 0.15) is 5.84 Å². The first-order chi connectivity index (χ1) is 24.6. The van der Waals surface area contributed by atoms with Gasteiger partial charge in [-0.15, -0.1) is 0 Å². The van der Waals surface area contributed by atoms with Gasteiger partial charge < -0.3 is 4.90 Å². The number of fused-ring (bicyclic) bond motifs is 5. The molecule has 0 N–H and O–H groups in total. The largest absolute Gasteiger partial charge is 0.348 e. The Hall–Kier alpha value is -4.69. The molecular formula is C48H46N2. The fraction of sp³-hybridized carbons (Fsp3) is 0.312. The van der Waals surface area contributed by atoms with Crippen molar-refractivity contribution in [3.63, 3.8) is 0 Å². The van der Waals surface area contributed by atoms with Crippen LogP contribution >= 0.6 is 0 Å². The molecule has 5 aliphatic carbocycles. The number of rotatable bonds is 4. The second kappa shape index (κ2) is 12.0. The van der Waals surface area contributed by atoms with Crippen molar-refractivity contribution < 1.29 is 0 Å². The highest BCUT2D eigenvalue weighted by atomic mass is 15.3. The SMILES string of the molecule is CC12C=CCCC1N(C1C=CC=CC1)C(C1CCC3=C(c4ccc5ccccc5c4)C4=CCCCC4C(c4ccc5ccccc5c4)=C3C1)=N2. The van der Waals surface area contributed by atoms with Crippen molar-refractivity contribution in [1.82, 2.24) is 4.90 Å². The zero-order valence-electron chi connectivity index (χ0n) is 29.2. The molecule has 1 fully saturated rings. The van der Waals surface area contributed by atoms with Crippen LogP contribution in [0.3, 0.4) is 0 Å². The van der Waals surface area contributed by atoms with E-state index < -0.39 is 0 Å². The maximum Gasteiger partial charge on any atom is 0.104 e. The molecule has 4 aromatic carbocycles. The first-order valence-electron chi connectivity index (χ1n) is 19.2. The maximum absolute atomic E-state index is 5.74. The summed E-state index contributed by atoms with van der Waals surface area (Å²) >= 11 is 0. The van der Waals surface area contributed by atoms with Gasteiger partial charge >= 0.3 is 0 Å². The van der Waals surface area contributed by atoms with Crippen molar-refractivity contribution in [2.45, 2.75) is 82.3 Å². The second-order valence-electron chi connectivity index (χ2n) is 15.7. The highest BCUT2D eigenvalue weighted by Crippen LogP contribution is 2.56. The molecule has 2 heteroatoms. The molecule has 1 heterocycles. The molecular weight excluding hydrogens is 605 g/mol. The summed E-state index contributed by atoms with van der Waals surface area (Å²) in [6.07, 6.45) is 27.0. The Morgan fingerprint density at radius 3 is 2.28 bits per heavy atom. The normalized spacial score (nSPS) is 28.9. The third kappa shape index (κ3) is 4.86. The van der Waals surface area contributed by atoms with Gasteiger partial charge in [0.25, 0.3) is 0 Å². The van der Waals surface area contributed by atoms with E-state index in [0.717, 1.165) is 32.1 Å². The highest BCUT2D eigenvalue weighted by molar-refractivity contribution is 6.00. The number of hydrogen-bond acceptors (Lipinski definition) is 2. The van der Waals surface area contributed by atoms with Crippen LogP contribution in [0.2, 0.25) is 0 Å². The van der Waals surface area contributed by atoms with E-state index in [1.165, 1.54) is 69.8 Å². The van der Waals surface area contributed by atoms with Crippen molar-refractivity contribution in [2.75, 3.05) is 0 Å². The summed E-state index contributed by atoms with van der Waals surface area (Å²) in [5, 5.41) is 5.31. The summed E-state index contributed by atoms with van der Waals surface area (Å²) in [4.78, 5) is 8.53. The van der Waals surface area contributed by atoms with Gasteiger partial charge in [-0.2, -0.15) is 0 Å². The molecule has 2 nitrogen and oxygen atoms in total. The monoisotopic (exact) mass is 650 g/mol. The molecule has 6 aliphatic rings. The van der Waals surface area contributed by atoms with E-state index in [0.29, 0.717) is 23.9 Å². The molecule has 5 atom stereocenters. The predicted octanol–water partition coefficient (Wildman–Crippen LogP) is 11.8. The highest BCUT2D eigenvalue weighted by Gasteiger charge is 2.49. The molecule has 50 heavy (non-hydrogen) atoms. The van der Waals surface area contributed by atoms with Gasteiger partial charge in [0.2, 0.25) is 0 Å². The van der Waals surface area contributed by atoms with Crippen LogP contribution in [0.25, 0.3) is 32.7 Å². The Morgan fingerprint density at radius 2 is 1.50 bits per heavy atom. The zero-order valence-corrected chi connectivity index (χ0v) is 29.2. The van der Waals surface area contributed by atoms with Crippen molar-refractivity contribution in [3.8, 4) is 0 Å². The van der Waals surface area contributed by atoms with E-state index >= 15 is 0 Å². The predicted molar refractivity (Wildman–Crippen MR) is 211 cm³/mol. The van der Waals surface area contributed by atoms with Crippen LogP contribution in [0.5, 0.6) is 0 Å². The van der Waals surface area contributed by atoms with Crippen LogP contribution in [0, 0.1) is 11.8 Å². The minimum atomic E-state index is -0.143. The Bertz CT molecular complexity index is 2250. The molecule has 0 bridgehead atoms. The Kier molecular flexibility index (Phi) is 7.22. The van der Waals surface area contributed by atoms with E-state index in [-0.39, 0.29) is 5.54 Å². The lowest BCUT2D eigenvalue weighted by atomic mass is 9.63. The zero-order chi connectivity index (χ0) is 33.2. The third-order valence-electron chi connectivity index (χ3n) is 12.7. The molecule has 5 unspecified atom stereocenters. The number of benzene rings is 4. The molecule has 0 spiro atoms. The molecule has 0 amide bonds. The van der Waals surface area contributed by atoms with Gasteiger partial charge in [-0.3, -0.25) is 4.99 Å². The third-order valence-corrected chi connectivity index (χ3v) is 12.7. The van der Waals surface area contributed by atoms with E-state index in [9.17, 15) is 0 Å². The molecule has 0 radical (unpaired) electrons. The average molecular weight is 651 g/mol. The minimum absolute atomic E-state index is 0.143. The average Bonchev–Trinajstić information content (AvgIpc) is 3.50. The van der Waals surface area contributed by atoms with Gasteiger partial charge in [0.05, 0.1) is 17.6 Å². The first kappa shape index (κ1) is 30.2. The van der Waals surface area contributed by atoms with Gasteiger partial charge in [-0.1, -0.05) is 115 Å². The Balaban J connectivity index is 1.16. The molecule has 4 aromatic rings. The van der Waals surface area contributed by atoms with E-state index in [1.54, 1.807) is 22.3 Å². The van der Waals surface area contributed by atoms with Gasteiger partial charge in [-0.05, 0) is 137 Å². The summed E-state index contributed by atoms with van der Waals surface area (Å²) in [6.45, 7) is 2.39. The molecule has 1 saturated carbocycles. The number of allylic oxidation sites excluding steroid dienone is 9. The Labute approximate surface area is 297 Å². The lowest BCUT2D eigenvalue weighted by molar-refractivity contribution is 0.214. The van der Waals surface area contributed by atoms with Crippen LogP contribution in [-0.4, -0.2) is 28.4 Å². The minimum Gasteiger partial charge on any atom is -0.348 e. The van der Waals surface area contributed by atoms with Crippen LogP contribution < -0.4 is 0 Å². The molecule has 1 aliphatic heterocycles.